The van der Waals surface area contributed by atoms with Gasteiger partial charge in [0.2, 0.25) is 5.91 Å². The van der Waals surface area contributed by atoms with Crippen molar-refractivity contribution in [1.82, 2.24) is 0 Å². The molecule has 2 N–H and O–H groups in total. The Balaban J connectivity index is 2.25. The minimum absolute atomic E-state index is 0.0279. The summed E-state index contributed by atoms with van der Waals surface area (Å²) in [5, 5.41) is 0.665. The van der Waals surface area contributed by atoms with Gasteiger partial charge in [0, 0.05) is 10.7 Å². The molecule has 0 aromatic heterocycles. The van der Waals surface area contributed by atoms with Gasteiger partial charge < -0.3 is 10.6 Å². The average Bonchev–Trinajstić information content (AvgIpc) is 2.21. The Morgan fingerprint density at radius 1 is 1.36 bits per heavy atom. The number of nitrogens with zero attached hydrogens (tertiary/aromatic N) is 1. The summed E-state index contributed by atoms with van der Waals surface area (Å²) in [6.45, 7) is 1.93. The maximum Gasteiger partial charge on any atom is 0.246 e. The Labute approximate surface area is 87.4 Å². The monoisotopic (exact) mass is 210 g/mol. The van der Waals surface area contributed by atoms with Crippen molar-refractivity contribution in [3.05, 3.63) is 29.3 Å². The van der Waals surface area contributed by atoms with Crippen LogP contribution in [0.15, 0.2) is 24.3 Å². The Hall–Kier alpha value is -1.06. The molecule has 0 spiro atoms. The van der Waals surface area contributed by atoms with E-state index in [9.17, 15) is 4.79 Å². The maximum absolute atomic E-state index is 11.4. The second-order valence-corrected chi connectivity index (χ2v) is 3.89. The largest absolute Gasteiger partial charge is 0.318 e. The summed E-state index contributed by atoms with van der Waals surface area (Å²) in [7, 11) is 0. The van der Waals surface area contributed by atoms with E-state index in [0.29, 0.717) is 5.02 Å². The smallest absolute Gasteiger partial charge is 0.246 e. The highest BCUT2D eigenvalue weighted by Gasteiger charge is 2.42. The highest BCUT2D eigenvalue weighted by atomic mass is 35.5. The van der Waals surface area contributed by atoms with E-state index in [1.54, 1.807) is 17.0 Å². The zero-order valence-corrected chi connectivity index (χ0v) is 8.53. The molecule has 2 rings (SSSR count). The van der Waals surface area contributed by atoms with Gasteiger partial charge in [-0.15, -0.1) is 0 Å². The first kappa shape index (κ1) is 9.49. The van der Waals surface area contributed by atoms with Crippen LogP contribution >= 0.6 is 11.6 Å². The Morgan fingerprint density at radius 2 is 1.93 bits per heavy atom. The van der Waals surface area contributed by atoms with E-state index in [4.69, 9.17) is 17.3 Å². The average molecular weight is 211 g/mol. The Kier molecular flexibility index (Phi) is 2.21. The first-order chi connectivity index (χ1) is 6.61. The van der Waals surface area contributed by atoms with Crippen LogP contribution in [0.4, 0.5) is 5.69 Å². The zero-order chi connectivity index (χ0) is 10.3. The third-order valence-corrected chi connectivity index (χ3v) is 2.81. The molecular weight excluding hydrogens is 200 g/mol. The Bertz CT molecular complexity index is 363. The SMILES string of the molecule is C[C@@H]1[C@H](N)C(=O)N1c1ccc(Cl)cc1. The zero-order valence-electron chi connectivity index (χ0n) is 7.77. The molecule has 1 aromatic carbocycles. The van der Waals surface area contributed by atoms with Crippen molar-refractivity contribution in [3.8, 4) is 0 Å². The molecule has 0 bridgehead atoms. The molecule has 0 aliphatic carbocycles. The third-order valence-electron chi connectivity index (χ3n) is 2.55. The lowest BCUT2D eigenvalue weighted by Crippen LogP contribution is -2.67. The van der Waals surface area contributed by atoms with Crippen molar-refractivity contribution in [2.75, 3.05) is 4.90 Å². The third kappa shape index (κ3) is 1.29. The first-order valence-electron chi connectivity index (χ1n) is 4.45. The molecule has 1 heterocycles. The van der Waals surface area contributed by atoms with E-state index in [0.717, 1.165) is 5.69 Å². The van der Waals surface area contributed by atoms with Gasteiger partial charge in [0.1, 0.15) is 6.04 Å². The number of carbonyl (C=O) groups excluding carboxylic acids is 1. The normalized spacial score (nSPS) is 26.2. The van der Waals surface area contributed by atoms with Gasteiger partial charge in [-0.1, -0.05) is 11.6 Å². The van der Waals surface area contributed by atoms with Gasteiger partial charge >= 0.3 is 0 Å². The van der Waals surface area contributed by atoms with Crippen molar-refractivity contribution in [2.45, 2.75) is 19.0 Å². The van der Waals surface area contributed by atoms with Crippen LogP contribution in [0, 0.1) is 0 Å². The molecule has 1 aliphatic heterocycles. The molecule has 74 valence electrons. The summed E-state index contributed by atoms with van der Waals surface area (Å²) in [4.78, 5) is 13.1. The molecule has 3 nitrogen and oxygen atoms in total. The molecule has 0 unspecified atom stereocenters. The molecule has 14 heavy (non-hydrogen) atoms. The van der Waals surface area contributed by atoms with E-state index in [2.05, 4.69) is 0 Å². The van der Waals surface area contributed by atoms with Crippen molar-refractivity contribution >= 4 is 23.2 Å². The fourth-order valence-corrected chi connectivity index (χ4v) is 1.74. The molecule has 0 radical (unpaired) electrons. The van der Waals surface area contributed by atoms with Crippen LogP contribution in [0.1, 0.15) is 6.92 Å². The summed E-state index contributed by atoms with van der Waals surface area (Å²) >= 11 is 5.75. The van der Waals surface area contributed by atoms with Crippen LogP contribution in [-0.4, -0.2) is 18.0 Å². The number of halogens is 1. The van der Waals surface area contributed by atoms with Gasteiger partial charge in [0.25, 0.3) is 0 Å². The lowest BCUT2D eigenvalue weighted by atomic mass is 9.97. The van der Waals surface area contributed by atoms with E-state index in [1.807, 2.05) is 19.1 Å². The van der Waals surface area contributed by atoms with Crippen LogP contribution in [0.25, 0.3) is 0 Å². The van der Waals surface area contributed by atoms with E-state index < -0.39 is 0 Å². The van der Waals surface area contributed by atoms with Crippen molar-refractivity contribution in [1.29, 1.82) is 0 Å². The van der Waals surface area contributed by atoms with Crippen LogP contribution in [0.2, 0.25) is 5.02 Å². The second-order valence-electron chi connectivity index (χ2n) is 3.45. The van der Waals surface area contributed by atoms with Gasteiger partial charge in [-0.2, -0.15) is 0 Å². The van der Waals surface area contributed by atoms with Crippen LogP contribution in [0.5, 0.6) is 0 Å². The molecule has 1 fully saturated rings. The highest BCUT2D eigenvalue weighted by Crippen LogP contribution is 2.27. The van der Waals surface area contributed by atoms with Gasteiger partial charge in [-0.05, 0) is 31.2 Å². The number of carbonyl (C=O) groups is 1. The van der Waals surface area contributed by atoms with Crippen LogP contribution in [-0.2, 0) is 4.79 Å². The van der Waals surface area contributed by atoms with Gasteiger partial charge in [0.15, 0.2) is 0 Å². The van der Waals surface area contributed by atoms with Crippen molar-refractivity contribution in [3.63, 3.8) is 0 Å². The molecule has 1 amide bonds. The van der Waals surface area contributed by atoms with E-state index in [1.165, 1.54) is 0 Å². The van der Waals surface area contributed by atoms with Crippen molar-refractivity contribution < 1.29 is 4.79 Å². The van der Waals surface area contributed by atoms with Crippen LogP contribution in [0.3, 0.4) is 0 Å². The molecule has 2 atom stereocenters. The number of nitrogens with two attached hydrogens (primary N) is 1. The predicted molar refractivity (Wildman–Crippen MR) is 56.4 cm³/mol. The number of rotatable bonds is 1. The fourth-order valence-electron chi connectivity index (χ4n) is 1.61. The number of amides is 1. The van der Waals surface area contributed by atoms with Gasteiger partial charge in [-0.25, -0.2) is 0 Å². The number of hydrogen-bond donors (Lipinski definition) is 1. The molecule has 1 aliphatic rings. The minimum Gasteiger partial charge on any atom is -0.318 e. The molecule has 0 saturated carbocycles. The number of β-lactam (4-membered cyclic amide) rings is 1. The molecule has 4 heteroatoms. The second kappa shape index (κ2) is 3.26. The summed E-state index contributed by atoms with van der Waals surface area (Å²) < 4.78 is 0. The van der Waals surface area contributed by atoms with E-state index >= 15 is 0 Å². The first-order valence-corrected chi connectivity index (χ1v) is 4.83. The summed E-state index contributed by atoms with van der Waals surface area (Å²) in [6.07, 6.45) is 0. The van der Waals surface area contributed by atoms with Crippen molar-refractivity contribution in [2.24, 2.45) is 5.73 Å². The Morgan fingerprint density at radius 3 is 2.43 bits per heavy atom. The molecule has 1 aromatic rings. The quantitative estimate of drug-likeness (QED) is 0.713. The predicted octanol–water partition coefficient (Wildman–Crippen LogP) is 1.40. The summed E-state index contributed by atoms with van der Waals surface area (Å²) in [5.74, 6) is -0.0279. The summed E-state index contributed by atoms with van der Waals surface area (Å²) in [5.41, 5.74) is 6.46. The number of hydrogen-bond acceptors (Lipinski definition) is 2. The van der Waals surface area contributed by atoms with Crippen LogP contribution < -0.4 is 10.6 Å². The minimum atomic E-state index is -0.356. The lowest BCUT2D eigenvalue weighted by Gasteiger charge is -2.43. The van der Waals surface area contributed by atoms with Gasteiger partial charge in [0.05, 0.1) is 6.04 Å². The number of anilines is 1. The highest BCUT2D eigenvalue weighted by molar-refractivity contribution is 6.30. The molecule has 1 saturated heterocycles. The van der Waals surface area contributed by atoms with Gasteiger partial charge in [-0.3, -0.25) is 4.79 Å². The maximum atomic E-state index is 11.4. The number of benzene rings is 1. The summed E-state index contributed by atoms with van der Waals surface area (Å²) in [6, 6.07) is 6.89. The standard InChI is InChI=1S/C10H11ClN2O/c1-6-9(12)10(14)13(6)8-4-2-7(11)3-5-8/h2-6,9H,12H2,1H3/t6-,9+/m1/s1. The topological polar surface area (TPSA) is 46.3 Å². The molecular formula is C10H11ClN2O. The van der Waals surface area contributed by atoms with E-state index in [-0.39, 0.29) is 18.0 Å². The fraction of sp³-hybridized carbons (Fsp3) is 0.300. The lowest BCUT2D eigenvalue weighted by molar-refractivity contribution is -0.125.